The number of fused-ring (bicyclic) bond motifs is 1. The first-order chi connectivity index (χ1) is 13.4. The number of aryl methyl sites for hydroxylation is 1. The van der Waals surface area contributed by atoms with Gasteiger partial charge in [0.1, 0.15) is 0 Å². The topological polar surface area (TPSA) is 71.7 Å². The molecular formula is C20H21N3O3S2. The molecule has 0 aliphatic carbocycles. The fourth-order valence-electron chi connectivity index (χ4n) is 3.44. The normalized spacial score (nSPS) is 17.2. The predicted molar refractivity (Wildman–Crippen MR) is 109 cm³/mol. The number of thiazole rings is 1. The Hall–Kier alpha value is -2.29. The molecule has 146 valence electrons. The second kappa shape index (κ2) is 7.62. The van der Waals surface area contributed by atoms with Crippen molar-refractivity contribution in [1.82, 2.24) is 8.87 Å². The van der Waals surface area contributed by atoms with E-state index in [0.29, 0.717) is 35.6 Å². The van der Waals surface area contributed by atoms with Crippen LogP contribution < -0.4 is 4.80 Å². The van der Waals surface area contributed by atoms with E-state index in [9.17, 15) is 13.2 Å². The van der Waals surface area contributed by atoms with E-state index in [1.165, 1.54) is 15.6 Å². The van der Waals surface area contributed by atoms with Gasteiger partial charge in [0.25, 0.3) is 5.91 Å². The quantitative estimate of drug-likeness (QED) is 0.660. The molecule has 1 aliphatic heterocycles. The van der Waals surface area contributed by atoms with Crippen LogP contribution in [0, 0.1) is 5.92 Å². The first-order valence-electron chi connectivity index (χ1n) is 9.13. The molecule has 6 nitrogen and oxygen atoms in total. The summed E-state index contributed by atoms with van der Waals surface area (Å²) in [6.07, 6.45) is 2.84. The molecule has 1 saturated heterocycles. The summed E-state index contributed by atoms with van der Waals surface area (Å²) in [4.78, 5) is 17.6. The van der Waals surface area contributed by atoms with Gasteiger partial charge in [0.15, 0.2) is 4.80 Å². The van der Waals surface area contributed by atoms with Gasteiger partial charge < -0.3 is 4.57 Å². The van der Waals surface area contributed by atoms with Crippen LogP contribution in [0.25, 0.3) is 10.8 Å². The lowest BCUT2D eigenvalue weighted by molar-refractivity contribution is -0.122. The zero-order valence-corrected chi connectivity index (χ0v) is 17.1. The number of benzene rings is 2. The highest BCUT2D eigenvalue weighted by Gasteiger charge is 2.32. The van der Waals surface area contributed by atoms with Crippen molar-refractivity contribution >= 4 is 38.0 Å². The number of nitrogens with zero attached hydrogens (tertiary/aromatic N) is 3. The molecular weight excluding hydrogens is 394 g/mol. The van der Waals surface area contributed by atoms with Crippen LogP contribution in [0.1, 0.15) is 12.8 Å². The highest BCUT2D eigenvalue weighted by Crippen LogP contribution is 2.26. The largest absolute Gasteiger partial charge is 0.327 e. The molecule has 0 saturated carbocycles. The molecule has 0 spiro atoms. The Balaban J connectivity index is 1.49. The van der Waals surface area contributed by atoms with E-state index in [2.05, 4.69) is 4.99 Å². The Morgan fingerprint density at radius 3 is 2.50 bits per heavy atom. The average Bonchev–Trinajstić information content (AvgIpc) is 3.12. The molecule has 0 bridgehead atoms. The van der Waals surface area contributed by atoms with Crippen molar-refractivity contribution in [3.05, 3.63) is 58.8 Å². The molecule has 1 aromatic heterocycles. The van der Waals surface area contributed by atoms with E-state index in [4.69, 9.17) is 0 Å². The Morgan fingerprint density at radius 2 is 1.82 bits per heavy atom. The summed E-state index contributed by atoms with van der Waals surface area (Å²) < 4.78 is 29.3. The zero-order chi connectivity index (χ0) is 19.7. The molecule has 2 heterocycles. The third-order valence-electron chi connectivity index (χ3n) is 5.13. The third-order valence-corrected chi connectivity index (χ3v) is 7.87. The van der Waals surface area contributed by atoms with Crippen molar-refractivity contribution in [3.8, 4) is 0 Å². The van der Waals surface area contributed by atoms with Gasteiger partial charge in [-0.25, -0.2) is 8.42 Å². The Morgan fingerprint density at radius 1 is 1.11 bits per heavy atom. The number of carbonyl (C=O) groups excluding carboxylic acids is 1. The lowest BCUT2D eigenvalue weighted by Crippen LogP contribution is -2.40. The SMILES string of the molecule is Cn1ccsc1=NC(=O)C1CCN(S(=O)(=O)c2ccc3ccccc3c2)CC1. The van der Waals surface area contributed by atoms with Gasteiger partial charge in [-0.05, 0) is 35.7 Å². The molecule has 28 heavy (non-hydrogen) atoms. The van der Waals surface area contributed by atoms with E-state index in [1.54, 1.807) is 12.1 Å². The minimum atomic E-state index is -3.57. The Labute approximate surface area is 167 Å². The van der Waals surface area contributed by atoms with Crippen LogP contribution in [0.4, 0.5) is 0 Å². The summed E-state index contributed by atoms with van der Waals surface area (Å²) in [7, 11) is -1.72. The molecule has 2 aromatic carbocycles. The molecule has 8 heteroatoms. The lowest BCUT2D eigenvalue weighted by atomic mass is 9.98. The number of aromatic nitrogens is 1. The molecule has 0 unspecified atom stereocenters. The van der Waals surface area contributed by atoms with Gasteiger partial charge in [-0.2, -0.15) is 9.30 Å². The number of piperidine rings is 1. The minimum absolute atomic E-state index is 0.166. The summed E-state index contributed by atoms with van der Waals surface area (Å²) in [6, 6.07) is 12.9. The highest BCUT2D eigenvalue weighted by atomic mass is 32.2. The average molecular weight is 416 g/mol. The number of hydrogen-bond acceptors (Lipinski definition) is 4. The van der Waals surface area contributed by atoms with Gasteiger partial charge in [-0.1, -0.05) is 30.3 Å². The van der Waals surface area contributed by atoms with Gasteiger partial charge >= 0.3 is 0 Å². The molecule has 1 aliphatic rings. The molecule has 3 aromatic rings. The first-order valence-corrected chi connectivity index (χ1v) is 11.4. The summed E-state index contributed by atoms with van der Waals surface area (Å²) in [5.74, 6) is -0.397. The lowest BCUT2D eigenvalue weighted by Gasteiger charge is -2.29. The van der Waals surface area contributed by atoms with Crippen LogP contribution in [0.5, 0.6) is 0 Å². The molecule has 0 atom stereocenters. The summed E-state index contributed by atoms with van der Waals surface area (Å²) in [5, 5.41) is 3.79. The van der Waals surface area contributed by atoms with E-state index < -0.39 is 10.0 Å². The summed E-state index contributed by atoms with van der Waals surface area (Å²) in [6.45, 7) is 0.662. The molecule has 1 amide bonds. The van der Waals surface area contributed by atoms with Gasteiger partial charge in [-0.15, -0.1) is 11.3 Å². The monoisotopic (exact) mass is 415 g/mol. The molecule has 1 fully saturated rings. The maximum atomic E-state index is 13.0. The summed E-state index contributed by atoms with van der Waals surface area (Å²) >= 11 is 1.41. The maximum absolute atomic E-state index is 13.0. The molecule has 0 N–H and O–H groups in total. The van der Waals surface area contributed by atoms with Crippen LogP contribution in [-0.2, 0) is 21.9 Å². The van der Waals surface area contributed by atoms with E-state index in [-0.39, 0.29) is 11.8 Å². The van der Waals surface area contributed by atoms with Crippen LogP contribution in [0.15, 0.2) is 63.9 Å². The van der Waals surface area contributed by atoms with Gasteiger partial charge in [-0.3, -0.25) is 4.79 Å². The second-order valence-electron chi connectivity index (χ2n) is 6.93. The van der Waals surface area contributed by atoms with E-state index in [0.717, 1.165) is 10.8 Å². The predicted octanol–water partition coefficient (Wildman–Crippen LogP) is 2.77. The van der Waals surface area contributed by atoms with E-state index in [1.807, 2.05) is 53.5 Å². The number of amides is 1. The van der Waals surface area contributed by atoms with Crippen LogP contribution >= 0.6 is 11.3 Å². The summed E-state index contributed by atoms with van der Waals surface area (Å²) in [5.41, 5.74) is 0. The smallest absolute Gasteiger partial charge is 0.251 e. The van der Waals surface area contributed by atoms with Crippen molar-refractivity contribution in [1.29, 1.82) is 0 Å². The fourth-order valence-corrected chi connectivity index (χ4v) is 5.68. The second-order valence-corrected chi connectivity index (χ2v) is 9.74. The highest BCUT2D eigenvalue weighted by molar-refractivity contribution is 7.89. The third kappa shape index (κ3) is 3.67. The number of hydrogen-bond donors (Lipinski definition) is 0. The first kappa shape index (κ1) is 19.0. The standard InChI is InChI=1S/C20H21N3O3S2/c1-22-12-13-27-20(22)21-19(24)16-8-10-23(11-9-16)28(25,26)18-7-6-15-4-2-3-5-17(15)14-18/h2-7,12-14,16H,8-11H2,1H3. The Kier molecular flexibility index (Phi) is 5.18. The van der Waals surface area contributed by atoms with Gasteiger partial charge in [0.05, 0.1) is 4.90 Å². The maximum Gasteiger partial charge on any atom is 0.251 e. The van der Waals surface area contributed by atoms with Crippen LogP contribution in [0.3, 0.4) is 0 Å². The van der Waals surface area contributed by atoms with Crippen molar-refractivity contribution in [2.75, 3.05) is 13.1 Å². The van der Waals surface area contributed by atoms with Gasteiger partial charge in [0.2, 0.25) is 10.0 Å². The van der Waals surface area contributed by atoms with Crippen molar-refractivity contribution in [2.24, 2.45) is 18.0 Å². The zero-order valence-electron chi connectivity index (χ0n) is 15.5. The van der Waals surface area contributed by atoms with Crippen molar-refractivity contribution < 1.29 is 13.2 Å². The number of rotatable bonds is 3. The number of sulfonamides is 1. The van der Waals surface area contributed by atoms with Crippen LogP contribution in [-0.4, -0.2) is 36.3 Å². The van der Waals surface area contributed by atoms with E-state index >= 15 is 0 Å². The van der Waals surface area contributed by atoms with Crippen LogP contribution in [0.2, 0.25) is 0 Å². The Bertz CT molecular complexity index is 1190. The minimum Gasteiger partial charge on any atom is -0.327 e. The fraction of sp³-hybridized carbons (Fsp3) is 0.300. The van der Waals surface area contributed by atoms with Crippen molar-refractivity contribution in [2.45, 2.75) is 17.7 Å². The molecule has 0 radical (unpaired) electrons. The molecule has 4 rings (SSSR count). The number of carbonyl (C=O) groups is 1. The van der Waals surface area contributed by atoms with Gasteiger partial charge in [0, 0.05) is 37.6 Å². The van der Waals surface area contributed by atoms with Crippen molar-refractivity contribution in [3.63, 3.8) is 0 Å².